The Hall–Kier alpha value is -3.30. The van der Waals surface area contributed by atoms with Gasteiger partial charge in [-0.05, 0) is 36.6 Å². The van der Waals surface area contributed by atoms with Gasteiger partial charge in [-0.3, -0.25) is 9.59 Å². The first-order valence-electron chi connectivity index (χ1n) is 11.8. The number of carbonyl (C=O) groups is 3. The fourth-order valence-electron chi connectivity index (χ4n) is 4.23. The van der Waals surface area contributed by atoms with Gasteiger partial charge in [-0.15, -0.1) is 0 Å². The van der Waals surface area contributed by atoms with E-state index in [0.29, 0.717) is 39.9 Å². The number of halogens is 1. The Balaban J connectivity index is 2.18. The molecule has 10 heteroatoms. The highest BCUT2D eigenvalue weighted by Crippen LogP contribution is 2.45. The Morgan fingerprint density at radius 3 is 2.46 bits per heavy atom. The molecule has 0 saturated carbocycles. The number of carboxylic acids is 1. The predicted molar refractivity (Wildman–Crippen MR) is 137 cm³/mol. The second-order valence-corrected chi connectivity index (χ2v) is 10.5. The number of fused-ring (bicyclic) bond motifs is 1. The van der Waals surface area contributed by atoms with Crippen LogP contribution in [0.1, 0.15) is 51.3 Å². The van der Waals surface area contributed by atoms with E-state index in [4.69, 9.17) is 25.8 Å². The highest BCUT2D eigenvalue weighted by atomic mass is 35.5. The monoisotopic (exact) mass is 531 g/mol. The maximum atomic E-state index is 13.9. The lowest BCUT2D eigenvalue weighted by Crippen LogP contribution is -2.49. The van der Waals surface area contributed by atoms with Crippen molar-refractivity contribution in [2.45, 2.75) is 52.4 Å². The summed E-state index contributed by atoms with van der Waals surface area (Å²) >= 11 is 6.40. The molecular formula is C27H32ClN2O7-. The Morgan fingerprint density at radius 1 is 1.16 bits per heavy atom. The molecule has 9 nitrogen and oxygen atoms in total. The van der Waals surface area contributed by atoms with E-state index in [2.05, 4.69) is 5.32 Å². The highest BCUT2D eigenvalue weighted by molar-refractivity contribution is 6.30. The minimum Gasteiger partial charge on any atom is -0.548 e. The molecule has 2 aromatic carbocycles. The fraction of sp³-hybridized carbons (Fsp3) is 0.444. The number of nitrogens with zero attached hydrogens (tertiary/aromatic N) is 1. The highest BCUT2D eigenvalue weighted by Gasteiger charge is 2.40. The van der Waals surface area contributed by atoms with Gasteiger partial charge < -0.3 is 34.3 Å². The van der Waals surface area contributed by atoms with Gasteiger partial charge in [0.05, 0.1) is 32.7 Å². The van der Waals surface area contributed by atoms with Crippen LogP contribution in [0.15, 0.2) is 36.4 Å². The number of carbonyl (C=O) groups excluding carboxylic acids is 3. The number of nitrogens with one attached hydrogen (secondary N) is 1. The van der Waals surface area contributed by atoms with Gasteiger partial charge in [-0.2, -0.15) is 0 Å². The molecule has 0 bridgehead atoms. The van der Waals surface area contributed by atoms with Crippen LogP contribution in [0, 0.1) is 5.41 Å². The Labute approximate surface area is 221 Å². The molecule has 1 aliphatic rings. The number of rotatable bonds is 8. The standard InChI is InChI=1S/C27H33ClN2O7/c1-15(26(33)34)29-22(31)13-21-25(32)30(14-27(2,3)4)19-11-10-16(28)12-18(19)23(37-21)17-8-7-9-20(35-5)24(17)36-6/h7-12,15,21,23H,13-14H2,1-6H3,(H,29,31)(H,33,34)/p-1/t15-,21-,23-/m1/s1. The lowest BCUT2D eigenvalue weighted by Gasteiger charge is -2.31. The van der Waals surface area contributed by atoms with Crippen LogP contribution in [0.25, 0.3) is 0 Å². The van der Waals surface area contributed by atoms with E-state index < -0.39 is 42.5 Å². The van der Waals surface area contributed by atoms with Gasteiger partial charge in [0.2, 0.25) is 5.91 Å². The van der Waals surface area contributed by atoms with Gasteiger partial charge in [-0.25, -0.2) is 0 Å². The molecule has 1 aliphatic heterocycles. The van der Waals surface area contributed by atoms with Crippen LogP contribution < -0.4 is 24.8 Å². The predicted octanol–water partition coefficient (Wildman–Crippen LogP) is 2.87. The summed E-state index contributed by atoms with van der Waals surface area (Å²) in [7, 11) is 3.01. The number of amides is 2. The summed E-state index contributed by atoms with van der Waals surface area (Å²) in [4.78, 5) is 39.4. The van der Waals surface area contributed by atoms with Crippen molar-refractivity contribution in [2.75, 3.05) is 25.7 Å². The van der Waals surface area contributed by atoms with Gasteiger partial charge >= 0.3 is 0 Å². The minimum atomic E-state index is -1.43. The summed E-state index contributed by atoms with van der Waals surface area (Å²) in [6.07, 6.45) is -2.49. The summed E-state index contributed by atoms with van der Waals surface area (Å²) in [5.41, 5.74) is 1.48. The molecule has 1 heterocycles. The van der Waals surface area contributed by atoms with Gasteiger partial charge in [0, 0.05) is 28.4 Å². The first kappa shape index (κ1) is 28.3. The third-order valence-electron chi connectivity index (χ3n) is 5.85. The fourth-order valence-corrected chi connectivity index (χ4v) is 4.41. The molecule has 0 spiro atoms. The number of para-hydroxylation sites is 1. The van der Waals surface area contributed by atoms with Crippen molar-refractivity contribution in [2.24, 2.45) is 5.41 Å². The van der Waals surface area contributed by atoms with E-state index in [1.165, 1.54) is 21.1 Å². The quantitative estimate of drug-likeness (QED) is 0.556. The third-order valence-corrected chi connectivity index (χ3v) is 6.09. The van der Waals surface area contributed by atoms with Crippen LogP contribution >= 0.6 is 11.6 Å². The normalized spacial score (nSPS) is 18.5. The lowest BCUT2D eigenvalue weighted by atomic mass is 9.94. The van der Waals surface area contributed by atoms with Gasteiger partial charge in [-0.1, -0.05) is 44.5 Å². The van der Waals surface area contributed by atoms with Crippen molar-refractivity contribution in [3.63, 3.8) is 0 Å². The topological polar surface area (TPSA) is 117 Å². The molecule has 0 saturated heterocycles. The Bertz CT molecular complexity index is 1180. The van der Waals surface area contributed by atoms with E-state index in [1.54, 1.807) is 41.3 Å². The average Bonchev–Trinajstić information content (AvgIpc) is 2.92. The van der Waals surface area contributed by atoms with Crippen molar-refractivity contribution >= 4 is 35.1 Å². The number of anilines is 1. The third kappa shape index (κ3) is 6.53. The van der Waals surface area contributed by atoms with Crippen molar-refractivity contribution < 1.29 is 33.7 Å². The maximum absolute atomic E-state index is 13.9. The van der Waals surface area contributed by atoms with Crippen LogP contribution in [0.2, 0.25) is 5.02 Å². The molecule has 0 fully saturated rings. The molecule has 200 valence electrons. The molecule has 3 rings (SSSR count). The molecule has 0 aromatic heterocycles. The zero-order valence-electron chi connectivity index (χ0n) is 21.8. The van der Waals surface area contributed by atoms with Crippen LogP contribution in [-0.2, 0) is 19.1 Å². The number of hydrogen-bond donors (Lipinski definition) is 1. The van der Waals surface area contributed by atoms with Gasteiger partial charge in [0.15, 0.2) is 11.5 Å². The Kier molecular flexibility index (Phi) is 8.71. The molecular weight excluding hydrogens is 500 g/mol. The second-order valence-electron chi connectivity index (χ2n) is 10.1. The van der Waals surface area contributed by atoms with E-state index >= 15 is 0 Å². The smallest absolute Gasteiger partial charge is 0.256 e. The van der Waals surface area contributed by atoms with Crippen LogP contribution in [0.4, 0.5) is 5.69 Å². The Morgan fingerprint density at radius 2 is 1.86 bits per heavy atom. The number of aliphatic carboxylic acids is 1. The SMILES string of the molecule is COc1cccc([C@H]2O[C@H](CC(=O)N[C@H](C)C(=O)[O-])C(=O)N(CC(C)(C)C)c3ccc(Cl)cc32)c1OC. The van der Waals surface area contributed by atoms with Crippen LogP contribution in [0.3, 0.4) is 0 Å². The number of carboxylic acid groups (broad SMARTS) is 1. The zero-order valence-corrected chi connectivity index (χ0v) is 22.5. The van der Waals surface area contributed by atoms with Gasteiger partial charge in [0.25, 0.3) is 5.91 Å². The first-order valence-corrected chi connectivity index (χ1v) is 12.2. The molecule has 3 atom stereocenters. The van der Waals surface area contributed by atoms with Gasteiger partial charge in [0.1, 0.15) is 12.2 Å². The second kappa shape index (κ2) is 11.4. The minimum absolute atomic E-state index is 0.295. The summed E-state index contributed by atoms with van der Waals surface area (Å²) in [6.45, 7) is 7.60. The van der Waals surface area contributed by atoms with Crippen LogP contribution in [0.5, 0.6) is 11.5 Å². The number of hydrogen-bond acceptors (Lipinski definition) is 7. The van der Waals surface area contributed by atoms with Crippen molar-refractivity contribution in [3.05, 3.63) is 52.5 Å². The molecule has 0 aliphatic carbocycles. The number of methoxy groups -OCH3 is 2. The van der Waals surface area contributed by atoms with E-state index in [1.807, 2.05) is 20.8 Å². The number of benzene rings is 2. The number of ether oxygens (including phenoxy) is 3. The molecule has 2 amide bonds. The molecule has 0 radical (unpaired) electrons. The maximum Gasteiger partial charge on any atom is 0.256 e. The van der Waals surface area contributed by atoms with Crippen molar-refractivity contribution in [3.8, 4) is 11.5 Å². The molecule has 2 aromatic rings. The summed E-state index contributed by atoms with van der Waals surface area (Å²) < 4.78 is 17.5. The summed E-state index contributed by atoms with van der Waals surface area (Å²) in [6, 6.07) is 9.24. The molecule has 37 heavy (non-hydrogen) atoms. The van der Waals surface area contributed by atoms with E-state index in [0.717, 1.165) is 0 Å². The largest absolute Gasteiger partial charge is 0.548 e. The van der Waals surface area contributed by atoms with Crippen LogP contribution in [-0.4, -0.2) is 50.7 Å². The lowest BCUT2D eigenvalue weighted by molar-refractivity contribution is -0.307. The van der Waals surface area contributed by atoms with E-state index in [9.17, 15) is 19.5 Å². The van der Waals surface area contributed by atoms with Crippen molar-refractivity contribution in [1.82, 2.24) is 5.32 Å². The summed E-state index contributed by atoms with van der Waals surface area (Å²) in [5, 5.41) is 13.9. The van der Waals surface area contributed by atoms with E-state index in [-0.39, 0.29) is 5.41 Å². The van der Waals surface area contributed by atoms with Crippen molar-refractivity contribution in [1.29, 1.82) is 0 Å². The summed E-state index contributed by atoms with van der Waals surface area (Å²) in [5.74, 6) is -1.65. The molecule has 1 N–H and O–H groups in total. The average molecular weight is 532 g/mol. The molecule has 0 unspecified atom stereocenters. The zero-order chi connectivity index (χ0) is 27.5. The first-order chi connectivity index (χ1) is 17.4.